The summed E-state index contributed by atoms with van der Waals surface area (Å²) < 4.78 is 66.7. The molecule has 0 saturated heterocycles. The number of nitrogens with one attached hydrogen (secondary N) is 1. The van der Waals surface area contributed by atoms with E-state index in [9.17, 15) is 26.2 Å². The van der Waals surface area contributed by atoms with Crippen LogP contribution < -0.4 is 14.2 Å². The molecule has 16 heteroatoms. The van der Waals surface area contributed by atoms with Crippen molar-refractivity contribution in [1.29, 1.82) is 0 Å². The van der Waals surface area contributed by atoms with E-state index in [0.717, 1.165) is 21.5 Å². The third-order valence-corrected chi connectivity index (χ3v) is 8.88. The number of halogens is 2. The molecule has 1 N–H and O–H groups in total. The zero-order chi connectivity index (χ0) is 25.5. The molecule has 3 heterocycles. The number of benzene rings is 1. The van der Waals surface area contributed by atoms with Gasteiger partial charge in [-0.3, -0.25) is 4.79 Å². The van der Waals surface area contributed by atoms with Gasteiger partial charge in [-0.2, -0.15) is 0 Å². The maximum atomic E-state index is 12.4. The van der Waals surface area contributed by atoms with Gasteiger partial charge in [0.05, 0.1) is 33.2 Å². The molecule has 0 fully saturated rings. The summed E-state index contributed by atoms with van der Waals surface area (Å²) in [5, 5.41) is 1.81. The van der Waals surface area contributed by atoms with Crippen molar-refractivity contribution in [2.45, 2.75) is 17.9 Å². The molecule has 0 aliphatic carbocycles. The number of rotatable bonds is 8. The Morgan fingerprint density at radius 2 is 2.06 bits per heavy atom. The summed E-state index contributed by atoms with van der Waals surface area (Å²) in [6, 6.07) is 7.06. The Labute approximate surface area is 222 Å². The molecule has 35 heavy (non-hydrogen) atoms. The second-order valence-electron chi connectivity index (χ2n) is 7.51. The average molecular weight is 643 g/mol. The number of carbonyl (C=O) groups is 1. The molecule has 1 aliphatic rings. The van der Waals surface area contributed by atoms with Crippen molar-refractivity contribution in [1.82, 2.24) is 4.72 Å². The van der Waals surface area contributed by atoms with E-state index in [4.69, 9.17) is 16.0 Å². The van der Waals surface area contributed by atoms with Gasteiger partial charge in [0.2, 0.25) is 16.6 Å². The van der Waals surface area contributed by atoms with Crippen molar-refractivity contribution in [3.05, 3.63) is 44.0 Å². The molecule has 1 amide bonds. The number of furan rings is 1. The van der Waals surface area contributed by atoms with Crippen molar-refractivity contribution in [3.63, 3.8) is 0 Å². The van der Waals surface area contributed by atoms with E-state index in [1.807, 2.05) is 15.7 Å². The van der Waals surface area contributed by atoms with E-state index in [-0.39, 0.29) is 19.5 Å². The topological polar surface area (TPSA) is 141 Å². The van der Waals surface area contributed by atoms with Crippen LogP contribution in [0.3, 0.4) is 0 Å². The first-order chi connectivity index (χ1) is 16.3. The molecule has 188 valence electrons. The minimum atomic E-state index is -4.37. The van der Waals surface area contributed by atoms with Crippen LogP contribution >= 0.6 is 50.6 Å². The molecule has 0 saturated carbocycles. The number of nitrogens with zero attached hydrogens (tertiary/aromatic N) is 2. The summed E-state index contributed by atoms with van der Waals surface area (Å²) in [6.45, 7) is -0.0702. The van der Waals surface area contributed by atoms with E-state index in [0.29, 0.717) is 25.4 Å². The Hall–Kier alpha value is -1.62. The first-order valence-electron chi connectivity index (χ1n) is 9.81. The van der Waals surface area contributed by atoms with Crippen LogP contribution in [0.15, 0.2) is 43.3 Å². The fourth-order valence-corrected chi connectivity index (χ4v) is 7.32. The minimum Gasteiger partial charge on any atom is -0.748 e. The first kappa shape index (κ1) is 26.4. The van der Waals surface area contributed by atoms with Gasteiger partial charge in [0.25, 0.3) is 10.9 Å². The van der Waals surface area contributed by atoms with Crippen LogP contribution in [-0.2, 0) is 31.5 Å². The Morgan fingerprint density at radius 3 is 2.74 bits per heavy atom. The van der Waals surface area contributed by atoms with Crippen molar-refractivity contribution in [2.75, 3.05) is 23.5 Å². The number of sulfonamides is 1. The van der Waals surface area contributed by atoms with Gasteiger partial charge >= 0.3 is 5.71 Å². The van der Waals surface area contributed by atoms with Crippen LogP contribution in [-0.4, -0.2) is 45.8 Å². The van der Waals surface area contributed by atoms with Crippen molar-refractivity contribution in [2.24, 2.45) is 0 Å². The molecule has 0 atom stereocenters. The molecule has 0 bridgehead atoms. The third kappa shape index (κ3) is 6.58. The predicted molar refractivity (Wildman–Crippen MR) is 137 cm³/mol. The van der Waals surface area contributed by atoms with E-state index in [1.165, 1.54) is 23.1 Å². The Kier molecular flexibility index (Phi) is 7.58. The summed E-state index contributed by atoms with van der Waals surface area (Å²) >= 11 is 12.2. The minimum absolute atomic E-state index is 0.103. The summed E-state index contributed by atoms with van der Waals surface area (Å²) in [4.78, 5) is 15.1. The number of thiazole rings is 1. The lowest BCUT2D eigenvalue weighted by molar-refractivity contribution is -0.662. The average Bonchev–Trinajstić information content (AvgIpc) is 3.32. The standard InChI is InChI=1S/C19H17BrClN3O7S4/c1-34(26,27)22-16(25)10-24-18(33-14-8-15(20)31-19(14)24)9-17-23(5-2-6-35(28,29)30)12-7-11(21)3-4-13(12)32-17/h3-4,7-9H,2,5-6,10H2,1H3,(H-,22,25,28,29,30). The quantitative estimate of drug-likeness (QED) is 0.290. The SMILES string of the molecule is CS(=O)(=O)NC(=O)C[n+]1c(C=C2Sc3ccc(Cl)cc3N2CCCS(=O)(=O)[O-])sc2cc(Br)oc21. The van der Waals surface area contributed by atoms with Crippen LogP contribution in [0.5, 0.6) is 0 Å². The van der Waals surface area contributed by atoms with E-state index in [1.54, 1.807) is 28.8 Å². The molecule has 3 aromatic rings. The first-order valence-corrected chi connectivity index (χ1v) is 16.1. The molecule has 10 nitrogen and oxygen atoms in total. The smallest absolute Gasteiger partial charge is 0.393 e. The zero-order valence-corrected chi connectivity index (χ0v) is 23.5. The second kappa shape index (κ2) is 10.0. The van der Waals surface area contributed by atoms with E-state index >= 15 is 0 Å². The maximum absolute atomic E-state index is 12.4. The van der Waals surface area contributed by atoms with Crippen molar-refractivity contribution >= 4 is 98.9 Å². The van der Waals surface area contributed by atoms with Gasteiger partial charge in [-0.25, -0.2) is 21.6 Å². The molecule has 0 radical (unpaired) electrons. The lowest BCUT2D eigenvalue weighted by Crippen LogP contribution is -2.45. The third-order valence-electron chi connectivity index (χ3n) is 4.69. The van der Waals surface area contributed by atoms with Crippen molar-refractivity contribution < 1.29 is 35.2 Å². The Bertz CT molecular complexity index is 1560. The summed E-state index contributed by atoms with van der Waals surface area (Å²) in [5.74, 6) is -1.25. The highest BCUT2D eigenvalue weighted by molar-refractivity contribution is 9.10. The lowest BCUT2D eigenvalue weighted by atomic mass is 10.2. The van der Waals surface area contributed by atoms with Crippen LogP contribution in [0.25, 0.3) is 16.5 Å². The Morgan fingerprint density at radius 1 is 1.31 bits per heavy atom. The number of fused-ring (bicyclic) bond motifs is 2. The van der Waals surface area contributed by atoms with Gasteiger partial charge in [0.1, 0.15) is 0 Å². The molecule has 2 aromatic heterocycles. The summed E-state index contributed by atoms with van der Waals surface area (Å²) in [7, 11) is -8.11. The molecule has 4 rings (SSSR count). The van der Waals surface area contributed by atoms with Gasteiger partial charge in [-0.1, -0.05) is 34.7 Å². The number of thioether (sulfide) groups is 1. The van der Waals surface area contributed by atoms with Crippen LogP contribution in [0.2, 0.25) is 5.02 Å². The monoisotopic (exact) mass is 641 g/mol. The summed E-state index contributed by atoms with van der Waals surface area (Å²) in [6.07, 6.45) is 2.79. The van der Waals surface area contributed by atoms with Crippen LogP contribution in [0.4, 0.5) is 5.69 Å². The molecular weight excluding hydrogens is 626 g/mol. The maximum Gasteiger partial charge on any atom is 0.393 e. The number of carbonyl (C=O) groups excluding carboxylic acids is 1. The normalized spacial score (nSPS) is 15.2. The van der Waals surface area contributed by atoms with Gasteiger partial charge in [-0.05, 0) is 40.5 Å². The highest BCUT2D eigenvalue weighted by atomic mass is 79.9. The van der Waals surface area contributed by atoms with Crippen LogP contribution in [0.1, 0.15) is 11.4 Å². The lowest BCUT2D eigenvalue weighted by Gasteiger charge is -2.20. The van der Waals surface area contributed by atoms with Gasteiger partial charge in [0.15, 0.2) is 9.37 Å². The molecule has 1 aromatic carbocycles. The summed E-state index contributed by atoms with van der Waals surface area (Å²) in [5.41, 5.74) is 1.14. The number of amides is 1. The molecule has 0 spiro atoms. The van der Waals surface area contributed by atoms with Gasteiger partial charge < -0.3 is 13.9 Å². The number of anilines is 1. The van der Waals surface area contributed by atoms with Crippen LogP contribution in [0, 0.1) is 0 Å². The largest absolute Gasteiger partial charge is 0.748 e. The van der Waals surface area contributed by atoms with Gasteiger partial charge in [0, 0.05) is 28.3 Å². The van der Waals surface area contributed by atoms with Crippen molar-refractivity contribution in [3.8, 4) is 0 Å². The zero-order valence-electron chi connectivity index (χ0n) is 17.9. The van der Waals surface area contributed by atoms with E-state index in [2.05, 4.69) is 15.9 Å². The molecule has 1 aliphatic heterocycles. The second-order valence-corrected chi connectivity index (χ2v) is 14.1. The number of hydrogen-bond donors (Lipinski definition) is 1. The fourth-order valence-electron chi connectivity index (χ4n) is 3.42. The van der Waals surface area contributed by atoms with Gasteiger partial charge in [-0.15, -0.1) is 4.57 Å². The predicted octanol–water partition coefficient (Wildman–Crippen LogP) is 3.12. The highest BCUT2D eigenvalue weighted by Gasteiger charge is 2.31. The highest BCUT2D eigenvalue weighted by Crippen LogP contribution is 2.48. The Balaban J connectivity index is 1.73. The fraction of sp³-hybridized carbons (Fsp3) is 0.263. The number of hydrogen-bond acceptors (Lipinski definition) is 10. The molecule has 0 unspecified atom stereocenters. The number of aromatic nitrogens is 1. The van der Waals surface area contributed by atoms with E-state index < -0.39 is 31.8 Å². The molecular formula is C19H17BrClN3O7S4.